The minimum Gasteiger partial charge on any atom is -0.488 e. The highest BCUT2D eigenvalue weighted by Gasteiger charge is 2.14. The van der Waals surface area contributed by atoms with E-state index in [2.05, 4.69) is 27.9 Å². The Balaban J connectivity index is 1.29. The first kappa shape index (κ1) is 22.4. The highest BCUT2D eigenvalue weighted by atomic mass is 35.5. The Bertz CT molecular complexity index is 1350. The molecule has 1 heterocycles. The summed E-state index contributed by atoms with van der Waals surface area (Å²) in [5.74, 6) is 0.784. The number of benzene rings is 3. The Kier molecular flexibility index (Phi) is 6.57. The summed E-state index contributed by atoms with van der Waals surface area (Å²) in [5.41, 5.74) is 2.96. The molecule has 5 N–H and O–H groups in total. The quantitative estimate of drug-likeness (QED) is 0.280. The molecule has 0 aliphatic rings. The van der Waals surface area contributed by atoms with Crippen molar-refractivity contribution in [3.05, 3.63) is 71.2 Å². The highest BCUT2D eigenvalue weighted by molar-refractivity contribution is 7.92. The molecule has 0 bridgehead atoms. The molecule has 7 nitrogen and oxygen atoms in total. The summed E-state index contributed by atoms with van der Waals surface area (Å²) >= 11 is 6.03. The molecule has 0 saturated carbocycles. The highest BCUT2D eigenvalue weighted by Crippen LogP contribution is 2.28. The van der Waals surface area contributed by atoms with Crippen LogP contribution in [0.3, 0.4) is 0 Å². The van der Waals surface area contributed by atoms with Crippen molar-refractivity contribution in [3.8, 4) is 5.75 Å². The molecule has 0 aliphatic heterocycles. The molecule has 1 unspecified atom stereocenters. The first-order chi connectivity index (χ1) is 15.3. The number of aliphatic hydroxyl groups excluding tert-OH is 1. The smallest absolute Gasteiger partial charge is 0.229 e. The molecular formula is C23H25ClN3O4S+. The van der Waals surface area contributed by atoms with Crippen molar-refractivity contribution < 1.29 is 23.6 Å². The monoisotopic (exact) mass is 474 g/mol. The summed E-state index contributed by atoms with van der Waals surface area (Å²) in [6.45, 7) is 1.55. The lowest BCUT2D eigenvalue weighted by Crippen LogP contribution is -2.86. The number of nitrogens with one attached hydrogen (secondary N) is 2. The molecule has 9 heteroatoms. The van der Waals surface area contributed by atoms with E-state index in [9.17, 15) is 13.5 Å². The van der Waals surface area contributed by atoms with E-state index in [4.69, 9.17) is 16.3 Å². The molecule has 0 spiro atoms. The van der Waals surface area contributed by atoms with Crippen molar-refractivity contribution in [1.82, 2.24) is 4.98 Å². The number of fused-ring (bicyclic) bond motifs is 3. The van der Waals surface area contributed by atoms with Gasteiger partial charge in [0, 0.05) is 22.4 Å². The first-order valence-corrected chi connectivity index (χ1v) is 12.5. The number of hydrogen-bond acceptors (Lipinski definition) is 4. The van der Waals surface area contributed by atoms with E-state index in [1.54, 1.807) is 18.2 Å². The second kappa shape index (κ2) is 9.38. The fraction of sp³-hybridized carbons (Fsp3) is 0.217. The molecule has 0 radical (unpaired) electrons. The largest absolute Gasteiger partial charge is 0.488 e. The van der Waals surface area contributed by atoms with Crippen molar-refractivity contribution in [2.24, 2.45) is 0 Å². The van der Waals surface area contributed by atoms with E-state index in [0.717, 1.165) is 28.4 Å². The second-order valence-corrected chi connectivity index (χ2v) is 9.82. The van der Waals surface area contributed by atoms with E-state index in [0.29, 0.717) is 25.3 Å². The van der Waals surface area contributed by atoms with E-state index >= 15 is 0 Å². The van der Waals surface area contributed by atoms with Gasteiger partial charge in [-0.3, -0.25) is 4.72 Å². The molecule has 3 aromatic carbocycles. The molecule has 0 amide bonds. The number of aromatic amines is 1. The van der Waals surface area contributed by atoms with Crippen LogP contribution in [-0.2, 0) is 10.0 Å². The molecule has 1 atom stereocenters. The molecule has 1 aromatic heterocycles. The Hall–Kier alpha value is -2.78. The Labute approximate surface area is 191 Å². The molecule has 32 heavy (non-hydrogen) atoms. The van der Waals surface area contributed by atoms with Crippen molar-refractivity contribution >= 4 is 49.1 Å². The van der Waals surface area contributed by atoms with Crippen LogP contribution >= 0.6 is 11.6 Å². The van der Waals surface area contributed by atoms with Gasteiger partial charge < -0.3 is 20.1 Å². The molecule has 0 aliphatic carbocycles. The van der Waals surface area contributed by atoms with Crippen LogP contribution < -0.4 is 14.8 Å². The van der Waals surface area contributed by atoms with Gasteiger partial charge in [-0.2, -0.15) is 0 Å². The number of aromatic nitrogens is 1. The maximum Gasteiger partial charge on any atom is 0.229 e. The van der Waals surface area contributed by atoms with Crippen molar-refractivity contribution in [1.29, 1.82) is 0 Å². The lowest BCUT2D eigenvalue weighted by atomic mass is 10.1. The average Bonchev–Trinajstić information content (AvgIpc) is 3.11. The van der Waals surface area contributed by atoms with Crippen molar-refractivity contribution in [2.75, 3.05) is 30.7 Å². The van der Waals surface area contributed by atoms with Gasteiger partial charge >= 0.3 is 0 Å². The molecule has 4 aromatic rings. The molecule has 0 fully saturated rings. The fourth-order valence-electron chi connectivity index (χ4n) is 3.62. The topological polar surface area (TPSA) is 108 Å². The maximum atomic E-state index is 11.5. The summed E-state index contributed by atoms with van der Waals surface area (Å²) in [5, 5.41) is 15.0. The number of nitrogens with two attached hydrogens (primary N) is 1. The standard InChI is InChI=1S/C23H24ClN3O4S/c1-32(29,30)27-22-12-15(6-9-19(22)24)23(28)14-25-10-11-31-16-7-8-18-17-4-2-3-5-20(17)26-21(18)13-16/h2-9,12-13,23,25-28H,10-11,14H2,1H3/p+1. The predicted octanol–water partition coefficient (Wildman–Crippen LogP) is 3.02. The number of quaternary nitrogens is 1. The summed E-state index contributed by atoms with van der Waals surface area (Å²) in [4.78, 5) is 3.40. The number of H-pyrrole nitrogens is 1. The number of sulfonamides is 1. The zero-order valence-electron chi connectivity index (χ0n) is 17.5. The maximum absolute atomic E-state index is 11.5. The summed E-state index contributed by atoms with van der Waals surface area (Å²) < 4.78 is 31.1. The van der Waals surface area contributed by atoms with E-state index in [-0.39, 0.29) is 10.7 Å². The number of anilines is 1. The van der Waals surface area contributed by atoms with Crippen LogP contribution in [0.25, 0.3) is 21.8 Å². The average molecular weight is 475 g/mol. The van der Waals surface area contributed by atoms with Crippen LogP contribution in [0.4, 0.5) is 5.69 Å². The molecular weight excluding hydrogens is 450 g/mol. The minimum atomic E-state index is -3.46. The third kappa shape index (κ3) is 5.34. The van der Waals surface area contributed by atoms with Crippen LogP contribution in [0.2, 0.25) is 5.02 Å². The lowest BCUT2D eigenvalue weighted by Gasteiger charge is -2.13. The van der Waals surface area contributed by atoms with Crippen LogP contribution in [0.1, 0.15) is 11.7 Å². The molecule has 0 saturated heterocycles. The number of para-hydroxylation sites is 1. The fourth-order valence-corrected chi connectivity index (χ4v) is 4.41. The van der Waals surface area contributed by atoms with Crippen molar-refractivity contribution in [3.63, 3.8) is 0 Å². The van der Waals surface area contributed by atoms with Gasteiger partial charge in [-0.05, 0) is 35.9 Å². The summed E-state index contributed by atoms with van der Waals surface area (Å²) in [6, 6.07) is 19.0. The van der Waals surface area contributed by atoms with Crippen LogP contribution in [0, 0.1) is 0 Å². The summed E-state index contributed by atoms with van der Waals surface area (Å²) in [7, 11) is -3.46. The summed E-state index contributed by atoms with van der Waals surface area (Å²) in [6.07, 6.45) is 0.283. The van der Waals surface area contributed by atoms with Gasteiger partial charge in [0.1, 0.15) is 31.5 Å². The van der Waals surface area contributed by atoms with Gasteiger partial charge in [0.25, 0.3) is 0 Å². The number of aliphatic hydroxyl groups is 1. The number of ether oxygens (including phenoxy) is 1. The van der Waals surface area contributed by atoms with Crippen molar-refractivity contribution in [2.45, 2.75) is 6.10 Å². The lowest BCUT2D eigenvalue weighted by molar-refractivity contribution is -0.662. The van der Waals surface area contributed by atoms with Crippen LogP contribution in [-0.4, -0.2) is 44.5 Å². The third-order valence-corrected chi connectivity index (χ3v) is 6.05. The van der Waals surface area contributed by atoms with Crippen LogP contribution in [0.5, 0.6) is 5.75 Å². The van der Waals surface area contributed by atoms with Crippen LogP contribution in [0.15, 0.2) is 60.7 Å². The van der Waals surface area contributed by atoms with Gasteiger partial charge in [-0.1, -0.05) is 35.9 Å². The van der Waals surface area contributed by atoms with Gasteiger partial charge in [-0.25, -0.2) is 8.42 Å². The normalized spacial score (nSPS) is 12.8. The second-order valence-electron chi connectivity index (χ2n) is 7.67. The Morgan fingerprint density at radius 2 is 1.88 bits per heavy atom. The molecule has 4 rings (SSSR count). The number of rotatable bonds is 9. The van der Waals surface area contributed by atoms with E-state index in [1.807, 2.05) is 29.6 Å². The minimum absolute atomic E-state index is 0.251. The van der Waals surface area contributed by atoms with E-state index < -0.39 is 16.1 Å². The number of hydrogen-bond donors (Lipinski definition) is 4. The third-order valence-electron chi connectivity index (χ3n) is 5.13. The Morgan fingerprint density at radius 1 is 1.09 bits per heavy atom. The van der Waals surface area contributed by atoms with E-state index in [1.165, 1.54) is 5.39 Å². The van der Waals surface area contributed by atoms with Gasteiger partial charge in [-0.15, -0.1) is 0 Å². The predicted molar refractivity (Wildman–Crippen MR) is 128 cm³/mol. The first-order valence-electron chi connectivity index (χ1n) is 10.2. The zero-order chi connectivity index (χ0) is 22.7. The van der Waals surface area contributed by atoms with Gasteiger partial charge in [0.2, 0.25) is 10.0 Å². The Morgan fingerprint density at radius 3 is 2.69 bits per heavy atom. The number of halogens is 1. The van der Waals surface area contributed by atoms with Gasteiger partial charge in [0.15, 0.2) is 0 Å². The molecule has 168 valence electrons. The SMILES string of the molecule is CS(=O)(=O)Nc1cc(C(O)C[NH2+]CCOc2ccc3c(c2)[nH]c2ccccc23)ccc1Cl. The van der Waals surface area contributed by atoms with Gasteiger partial charge in [0.05, 0.1) is 22.5 Å². The zero-order valence-corrected chi connectivity index (χ0v) is 19.1.